The number of aryl methyl sites for hydroxylation is 1. The van der Waals surface area contributed by atoms with Crippen molar-refractivity contribution in [2.24, 2.45) is 5.92 Å². The zero-order valence-electron chi connectivity index (χ0n) is 21.6. The van der Waals surface area contributed by atoms with Crippen molar-refractivity contribution in [1.29, 1.82) is 0 Å². The van der Waals surface area contributed by atoms with Gasteiger partial charge in [-0.15, -0.1) is 0 Å². The third-order valence-electron chi connectivity index (χ3n) is 7.65. The molecule has 6 rings (SSSR count). The lowest BCUT2D eigenvalue weighted by molar-refractivity contribution is 0.0919. The van der Waals surface area contributed by atoms with Crippen LogP contribution in [0.3, 0.4) is 0 Å². The van der Waals surface area contributed by atoms with Crippen molar-refractivity contribution in [3.63, 3.8) is 0 Å². The summed E-state index contributed by atoms with van der Waals surface area (Å²) in [7, 11) is 0. The molecule has 0 aliphatic heterocycles. The highest BCUT2D eigenvalue weighted by Gasteiger charge is 2.25. The number of pyridine rings is 1. The molecule has 0 atom stereocenters. The number of nitrogens with zero attached hydrogens (tertiary/aromatic N) is 4. The second kappa shape index (κ2) is 10.5. The van der Waals surface area contributed by atoms with Crippen LogP contribution in [0.25, 0.3) is 28.1 Å². The fourth-order valence-electron chi connectivity index (χ4n) is 5.57. The summed E-state index contributed by atoms with van der Waals surface area (Å²) in [5.74, 6) is 1.01. The van der Waals surface area contributed by atoms with E-state index in [9.17, 15) is 9.59 Å². The first-order valence-corrected chi connectivity index (χ1v) is 13.6. The number of aromatic nitrogens is 5. The molecule has 3 aromatic heterocycles. The Morgan fingerprint density at radius 3 is 2.51 bits per heavy atom. The Labute approximate surface area is 230 Å². The van der Waals surface area contributed by atoms with Crippen molar-refractivity contribution in [3.05, 3.63) is 100.0 Å². The summed E-state index contributed by atoms with van der Waals surface area (Å²) in [6.07, 6.45) is 8.66. The van der Waals surface area contributed by atoms with E-state index in [1.54, 1.807) is 29.2 Å². The van der Waals surface area contributed by atoms with Crippen molar-refractivity contribution >= 4 is 28.5 Å². The van der Waals surface area contributed by atoms with E-state index < -0.39 is 0 Å². The highest BCUT2D eigenvalue weighted by atomic mass is 35.5. The van der Waals surface area contributed by atoms with Crippen LogP contribution < -0.4 is 11.0 Å². The molecule has 5 aromatic rings. The van der Waals surface area contributed by atoms with Crippen LogP contribution in [-0.4, -0.2) is 36.0 Å². The molecular weight excluding hydrogens is 512 g/mol. The summed E-state index contributed by atoms with van der Waals surface area (Å²) in [6.45, 7) is 2.46. The zero-order chi connectivity index (χ0) is 26.9. The summed E-state index contributed by atoms with van der Waals surface area (Å²) in [5.41, 5.74) is 4.74. The number of benzene rings is 2. The largest absolute Gasteiger partial charge is 0.349 e. The quantitative estimate of drug-likeness (QED) is 0.296. The van der Waals surface area contributed by atoms with Gasteiger partial charge in [-0.05, 0) is 81.0 Å². The van der Waals surface area contributed by atoms with Gasteiger partial charge in [0, 0.05) is 36.7 Å². The van der Waals surface area contributed by atoms with Gasteiger partial charge < -0.3 is 10.3 Å². The highest BCUT2D eigenvalue weighted by Crippen LogP contribution is 2.28. The molecule has 1 aliphatic rings. The number of rotatable bonds is 6. The minimum absolute atomic E-state index is 0.0405. The van der Waals surface area contributed by atoms with Crippen LogP contribution >= 0.6 is 11.6 Å². The maximum atomic E-state index is 13.7. The van der Waals surface area contributed by atoms with Gasteiger partial charge in [-0.2, -0.15) is 0 Å². The Hall–Kier alpha value is -4.17. The van der Waals surface area contributed by atoms with E-state index >= 15 is 0 Å². The molecule has 2 aromatic carbocycles. The molecular formula is C30H29ClN6O2. The van der Waals surface area contributed by atoms with Crippen molar-refractivity contribution in [1.82, 2.24) is 29.4 Å². The van der Waals surface area contributed by atoms with Crippen molar-refractivity contribution < 1.29 is 4.79 Å². The Morgan fingerprint density at radius 2 is 1.79 bits per heavy atom. The van der Waals surface area contributed by atoms with Gasteiger partial charge in [0.25, 0.3) is 5.91 Å². The fraction of sp³-hybridized carbons (Fsp3) is 0.267. The molecule has 0 radical (unpaired) electrons. The van der Waals surface area contributed by atoms with E-state index in [1.807, 2.05) is 60.0 Å². The third kappa shape index (κ3) is 5.00. The molecule has 0 bridgehead atoms. The molecule has 1 aliphatic carbocycles. The predicted molar refractivity (Wildman–Crippen MR) is 152 cm³/mol. The number of fused-ring (bicyclic) bond motifs is 1. The number of aromatic amines is 1. The number of hydrogen-bond acceptors (Lipinski definition) is 4. The van der Waals surface area contributed by atoms with E-state index in [0.29, 0.717) is 28.7 Å². The number of hydrogen-bond donors (Lipinski definition) is 2. The molecule has 1 saturated carbocycles. The average molecular weight is 541 g/mol. The minimum atomic E-state index is -0.136. The van der Waals surface area contributed by atoms with Crippen LogP contribution in [0.15, 0.2) is 78.0 Å². The molecule has 198 valence electrons. The molecule has 39 heavy (non-hydrogen) atoms. The first-order valence-electron chi connectivity index (χ1n) is 13.2. The Morgan fingerprint density at radius 1 is 1.05 bits per heavy atom. The normalized spacial score (nSPS) is 17.4. The second-order valence-electron chi connectivity index (χ2n) is 10.2. The topological polar surface area (TPSA) is 97.6 Å². The Bertz CT molecular complexity index is 1680. The molecule has 0 saturated heterocycles. The van der Waals surface area contributed by atoms with Crippen LogP contribution in [0.4, 0.5) is 0 Å². The molecule has 0 spiro atoms. The number of carbonyl (C=O) groups excluding carboxylic acids is 1. The van der Waals surface area contributed by atoms with Gasteiger partial charge in [0.1, 0.15) is 5.82 Å². The Kier molecular flexibility index (Phi) is 6.79. The first kappa shape index (κ1) is 25.1. The SMILES string of the molecule is Cc1ncc(Cl)cc1C(=O)N[C@H]1CC[C@H](Cn2c(=O)n(-c3ccc(-c4ncc[nH]4)cc3)c3ccccc32)CC1. The Balaban J connectivity index is 1.18. The highest BCUT2D eigenvalue weighted by molar-refractivity contribution is 6.30. The zero-order valence-corrected chi connectivity index (χ0v) is 22.4. The molecule has 8 nitrogen and oxygen atoms in total. The van der Waals surface area contributed by atoms with E-state index in [2.05, 4.69) is 20.3 Å². The minimum Gasteiger partial charge on any atom is -0.349 e. The number of amides is 1. The lowest BCUT2D eigenvalue weighted by Crippen LogP contribution is -2.39. The van der Waals surface area contributed by atoms with Crippen LogP contribution in [0, 0.1) is 12.8 Å². The van der Waals surface area contributed by atoms with E-state index in [0.717, 1.165) is 53.8 Å². The van der Waals surface area contributed by atoms with Crippen LogP contribution in [-0.2, 0) is 6.54 Å². The molecule has 9 heteroatoms. The van der Waals surface area contributed by atoms with Gasteiger partial charge in [0.2, 0.25) is 0 Å². The predicted octanol–water partition coefficient (Wildman–Crippen LogP) is 5.53. The number of carbonyl (C=O) groups is 1. The lowest BCUT2D eigenvalue weighted by atomic mass is 9.85. The lowest BCUT2D eigenvalue weighted by Gasteiger charge is -2.29. The second-order valence-corrected chi connectivity index (χ2v) is 10.6. The first-order chi connectivity index (χ1) is 19.0. The van der Waals surface area contributed by atoms with Crippen LogP contribution in [0.5, 0.6) is 0 Å². The summed E-state index contributed by atoms with van der Waals surface area (Å²) in [5, 5.41) is 3.60. The summed E-state index contributed by atoms with van der Waals surface area (Å²) in [6, 6.07) is 17.6. The van der Waals surface area contributed by atoms with Crippen LogP contribution in [0.1, 0.15) is 41.7 Å². The van der Waals surface area contributed by atoms with E-state index in [1.165, 1.54) is 0 Å². The molecule has 0 unspecified atom stereocenters. The molecule has 3 heterocycles. The van der Waals surface area contributed by atoms with E-state index in [4.69, 9.17) is 11.6 Å². The average Bonchev–Trinajstić information content (AvgIpc) is 3.58. The summed E-state index contributed by atoms with van der Waals surface area (Å²) >= 11 is 6.05. The maximum Gasteiger partial charge on any atom is 0.333 e. The van der Waals surface area contributed by atoms with Gasteiger partial charge >= 0.3 is 5.69 Å². The van der Waals surface area contributed by atoms with Crippen LogP contribution in [0.2, 0.25) is 5.02 Å². The van der Waals surface area contributed by atoms with E-state index in [-0.39, 0.29) is 17.6 Å². The monoisotopic (exact) mass is 540 g/mol. The van der Waals surface area contributed by atoms with Gasteiger partial charge in [0.15, 0.2) is 0 Å². The number of nitrogens with one attached hydrogen (secondary N) is 2. The standard InChI is InChI=1S/C30H29ClN6O2/c1-19-25(16-22(31)17-34-19)29(38)35-23-10-6-20(7-11-23)18-36-26-4-2-3-5-27(26)37(30(36)39)24-12-8-21(9-13-24)28-32-14-15-33-28/h2-5,8-9,12-17,20,23H,6-7,10-11,18H2,1H3,(H,32,33)(H,35,38)/t20-,23-. The maximum absolute atomic E-state index is 13.7. The number of para-hydroxylation sites is 2. The van der Waals surface area contributed by atoms with Crippen molar-refractivity contribution in [3.8, 4) is 17.1 Å². The molecule has 2 N–H and O–H groups in total. The van der Waals surface area contributed by atoms with Crippen molar-refractivity contribution in [2.45, 2.75) is 45.2 Å². The fourth-order valence-corrected chi connectivity index (χ4v) is 5.73. The number of imidazole rings is 2. The summed E-state index contributed by atoms with van der Waals surface area (Å²) in [4.78, 5) is 38.2. The smallest absolute Gasteiger partial charge is 0.333 e. The molecule has 1 amide bonds. The van der Waals surface area contributed by atoms with Crippen molar-refractivity contribution in [2.75, 3.05) is 0 Å². The summed E-state index contributed by atoms with van der Waals surface area (Å²) < 4.78 is 3.69. The third-order valence-corrected chi connectivity index (χ3v) is 7.86. The van der Waals surface area contributed by atoms with Gasteiger partial charge in [-0.3, -0.25) is 18.9 Å². The van der Waals surface area contributed by atoms with Gasteiger partial charge in [0.05, 0.1) is 33.0 Å². The van der Waals surface area contributed by atoms with Gasteiger partial charge in [-0.1, -0.05) is 23.7 Å². The molecule has 1 fully saturated rings. The number of H-pyrrole nitrogens is 1. The number of halogens is 1. The van der Waals surface area contributed by atoms with Gasteiger partial charge in [-0.25, -0.2) is 9.78 Å².